The van der Waals surface area contributed by atoms with Gasteiger partial charge in [0.2, 0.25) is 5.91 Å². The summed E-state index contributed by atoms with van der Waals surface area (Å²) in [6.45, 7) is 0.949. The molecule has 7 heteroatoms. The second-order valence-electron chi connectivity index (χ2n) is 7.77. The van der Waals surface area contributed by atoms with E-state index in [0.717, 1.165) is 42.5 Å². The second kappa shape index (κ2) is 11.2. The Balaban J connectivity index is 1.52. The summed E-state index contributed by atoms with van der Waals surface area (Å²) in [6.07, 6.45) is 5.49. The van der Waals surface area contributed by atoms with Crippen molar-refractivity contribution in [2.24, 2.45) is 16.6 Å². The molecule has 0 heterocycles. The molecule has 166 valence electrons. The number of nitrogens with two attached hydrogens (primary N) is 1. The molecule has 2 aromatic carbocycles. The minimum absolute atomic E-state index is 0.122. The number of hydrogen-bond donors (Lipinski definition) is 3. The number of anilines is 1. The van der Waals surface area contributed by atoms with E-state index in [1.807, 2.05) is 42.5 Å². The molecule has 0 radical (unpaired) electrons. The number of guanidine groups is 1. The maximum atomic E-state index is 12.5. The van der Waals surface area contributed by atoms with Gasteiger partial charge in [0.15, 0.2) is 17.5 Å². The molecule has 1 amide bonds. The molecule has 0 aromatic heterocycles. The Kier molecular flexibility index (Phi) is 8.15. The molecule has 1 aliphatic rings. The zero-order chi connectivity index (χ0) is 22.1. The first-order chi connectivity index (χ1) is 15.1. The van der Waals surface area contributed by atoms with E-state index in [1.54, 1.807) is 14.2 Å². The first-order valence-corrected chi connectivity index (χ1v) is 10.7. The Bertz CT molecular complexity index is 907. The molecule has 0 saturated heterocycles. The van der Waals surface area contributed by atoms with Gasteiger partial charge < -0.3 is 25.8 Å². The lowest BCUT2D eigenvalue weighted by Crippen LogP contribution is -2.31. The van der Waals surface area contributed by atoms with Crippen LogP contribution < -0.4 is 25.8 Å². The fourth-order valence-corrected chi connectivity index (χ4v) is 3.77. The van der Waals surface area contributed by atoms with Crippen molar-refractivity contribution in [3.05, 3.63) is 53.6 Å². The molecule has 1 fully saturated rings. The van der Waals surface area contributed by atoms with Crippen molar-refractivity contribution in [1.82, 2.24) is 5.32 Å². The second-order valence-corrected chi connectivity index (χ2v) is 7.77. The summed E-state index contributed by atoms with van der Waals surface area (Å²) >= 11 is 0. The van der Waals surface area contributed by atoms with Gasteiger partial charge in [-0.1, -0.05) is 37.5 Å². The number of methoxy groups -OCH3 is 2. The van der Waals surface area contributed by atoms with Gasteiger partial charge in [0.25, 0.3) is 0 Å². The minimum Gasteiger partial charge on any atom is -0.493 e. The summed E-state index contributed by atoms with van der Waals surface area (Å²) in [6, 6.07) is 13.5. The van der Waals surface area contributed by atoms with Crippen molar-refractivity contribution in [3.63, 3.8) is 0 Å². The number of benzene rings is 2. The van der Waals surface area contributed by atoms with Gasteiger partial charge in [0.05, 0.1) is 20.8 Å². The van der Waals surface area contributed by atoms with Crippen LogP contribution in [0.5, 0.6) is 11.5 Å². The molecule has 7 nitrogen and oxygen atoms in total. The van der Waals surface area contributed by atoms with Gasteiger partial charge in [0.1, 0.15) is 0 Å². The van der Waals surface area contributed by atoms with E-state index in [9.17, 15) is 4.79 Å². The van der Waals surface area contributed by atoms with Crippen molar-refractivity contribution in [2.75, 3.05) is 19.5 Å². The summed E-state index contributed by atoms with van der Waals surface area (Å²) in [4.78, 5) is 16.9. The summed E-state index contributed by atoms with van der Waals surface area (Å²) in [5, 5.41) is 6.16. The van der Waals surface area contributed by atoms with Gasteiger partial charge in [0, 0.05) is 18.2 Å². The molecule has 3 rings (SSSR count). The molecule has 1 saturated carbocycles. The van der Waals surface area contributed by atoms with Crippen LogP contribution in [0.4, 0.5) is 5.69 Å². The highest BCUT2D eigenvalue weighted by Gasteiger charge is 2.21. The summed E-state index contributed by atoms with van der Waals surface area (Å²) in [5.74, 6) is 1.96. The van der Waals surface area contributed by atoms with Gasteiger partial charge in [-0.05, 0) is 48.2 Å². The molecule has 0 bridgehead atoms. The van der Waals surface area contributed by atoms with Crippen molar-refractivity contribution >= 4 is 17.6 Å². The van der Waals surface area contributed by atoms with Crippen LogP contribution in [0.3, 0.4) is 0 Å². The number of aliphatic imine (C=N–C) groups is 1. The molecule has 0 aliphatic heterocycles. The van der Waals surface area contributed by atoms with Gasteiger partial charge >= 0.3 is 0 Å². The lowest BCUT2D eigenvalue weighted by molar-refractivity contribution is -0.120. The van der Waals surface area contributed by atoms with E-state index in [4.69, 9.17) is 15.2 Å². The Morgan fingerprint density at radius 2 is 1.81 bits per heavy atom. The predicted octanol–water partition coefficient (Wildman–Crippen LogP) is 3.83. The van der Waals surface area contributed by atoms with Crippen LogP contribution >= 0.6 is 0 Å². The largest absolute Gasteiger partial charge is 0.493 e. The SMILES string of the molecule is COc1ccc(CNC(N)=NCc2cccc(NC(=O)C3CCCCC3)c2)cc1OC. The summed E-state index contributed by atoms with van der Waals surface area (Å²) < 4.78 is 10.6. The first kappa shape index (κ1) is 22.5. The molecule has 2 aromatic rings. The summed E-state index contributed by atoms with van der Waals surface area (Å²) in [5.41, 5.74) is 8.82. The molecule has 0 unspecified atom stereocenters. The van der Waals surface area contributed by atoms with Crippen LogP contribution in [0.1, 0.15) is 43.2 Å². The van der Waals surface area contributed by atoms with Crippen molar-refractivity contribution in [2.45, 2.75) is 45.2 Å². The Hall–Kier alpha value is -3.22. The minimum atomic E-state index is 0.122. The first-order valence-electron chi connectivity index (χ1n) is 10.7. The molecule has 0 atom stereocenters. The average Bonchev–Trinajstić information content (AvgIpc) is 2.82. The van der Waals surface area contributed by atoms with E-state index in [-0.39, 0.29) is 11.8 Å². The zero-order valence-electron chi connectivity index (χ0n) is 18.3. The van der Waals surface area contributed by atoms with Gasteiger partial charge in [-0.15, -0.1) is 0 Å². The fourth-order valence-electron chi connectivity index (χ4n) is 3.77. The number of hydrogen-bond acceptors (Lipinski definition) is 4. The zero-order valence-corrected chi connectivity index (χ0v) is 18.3. The average molecular weight is 425 g/mol. The number of carbonyl (C=O) groups excluding carboxylic acids is 1. The highest BCUT2D eigenvalue weighted by atomic mass is 16.5. The fraction of sp³-hybridized carbons (Fsp3) is 0.417. The van der Waals surface area contributed by atoms with Crippen LogP contribution in [-0.4, -0.2) is 26.1 Å². The van der Waals surface area contributed by atoms with Crippen molar-refractivity contribution in [1.29, 1.82) is 0 Å². The molecular weight excluding hydrogens is 392 g/mol. The smallest absolute Gasteiger partial charge is 0.227 e. The molecule has 0 spiro atoms. The number of amides is 1. The maximum absolute atomic E-state index is 12.5. The topological polar surface area (TPSA) is 98.0 Å². The maximum Gasteiger partial charge on any atom is 0.227 e. The number of ether oxygens (including phenoxy) is 2. The van der Waals surface area contributed by atoms with E-state index in [1.165, 1.54) is 6.42 Å². The lowest BCUT2D eigenvalue weighted by atomic mass is 9.88. The standard InChI is InChI=1S/C24H32N4O3/c1-30-21-12-11-18(14-22(21)31-2)16-27-24(25)26-15-17-7-6-10-20(13-17)28-23(29)19-8-4-3-5-9-19/h6-7,10-14,19H,3-5,8-9,15-16H2,1-2H3,(H,28,29)(H3,25,26,27). The third kappa shape index (κ3) is 6.64. The predicted molar refractivity (Wildman–Crippen MR) is 123 cm³/mol. The highest BCUT2D eigenvalue weighted by Crippen LogP contribution is 2.27. The number of rotatable bonds is 8. The quantitative estimate of drug-likeness (QED) is 0.442. The molecule has 1 aliphatic carbocycles. The normalized spacial score (nSPS) is 14.7. The Morgan fingerprint density at radius 1 is 1.03 bits per heavy atom. The number of nitrogens with one attached hydrogen (secondary N) is 2. The molecule has 31 heavy (non-hydrogen) atoms. The molecular formula is C24H32N4O3. The van der Waals surface area contributed by atoms with E-state index >= 15 is 0 Å². The van der Waals surface area contributed by atoms with Crippen LogP contribution in [0.15, 0.2) is 47.5 Å². The van der Waals surface area contributed by atoms with Crippen LogP contribution in [0, 0.1) is 5.92 Å². The Labute approximate surface area is 184 Å². The number of nitrogens with zero attached hydrogens (tertiary/aromatic N) is 1. The van der Waals surface area contributed by atoms with Crippen molar-refractivity contribution < 1.29 is 14.3 Å². The van der Waals surface area contributed by atoms with E-state index in [2.05, 4.69) is 15.6 Å². The Morgan fingerprint density at radius 3 is 2.55 bits per heavy atom. The van der Waals surface area contributed by atoms with Gasteiger partial charge in [-0.2, -0.15) is 0 Å². The third-order valence-electron chi connectivity index (χ3n) is 5.52. The monoisotopic (exact) mass is 424 g/mol. The lowest BCUT2D eigenvalue weighted by Gasteiger charge is -2.20. The summed E-state index contributed by atoms with van der Waals surface area (Å²) in [7, 11) is 3.22. The third-order valence-corrected chi connectivity index (χ3v) is 5.52. The van der Waals surface area contributed by atoms with Crippen molar-refractivity contribution in [3.8, 4) is 11.5 Å². The van der Waals surface area contributed by atoms with Crippen LogP contribution in [0.2, 0.25) is 0 Å². The molecule has 4 N–H and O–H groups in total. The number of carbonyl (C=O) groups is 1. The van der Waals surface area contributed by atoms with Crippen LogP contribution in [-0.2, 0) is 17.9 Å². The highest BCUT2D eigenvalue weighted by molar-refractivity contribution is 5.92. The van der Waals surface area contributed by atoms with Gasteiger partial charge in [-0.25, -0.2) is 4.99 Å². The van der Waals surface area contributed by atoms with E-state index < -0.39 is 0 Å². The van der Waals surface area contributed by atoms with Crippen LogP contribution in [0.25, 0.3) is 0 Å². The van der Waals surface area contributed by atoms with E-state index in [0.29, 0.717) is 30.5 Å². The van der Waals surface area contributed by atoms with Gasteiger partial charge in [-0.3, -0.25) is 4.79 Å².